The second-order valence-corrected chi connectivity index (χ2v) is 11.3. The Kier molecular flexibility index (Phi) is 5.36. The van der Waals surface area contributed by atoms with Gasteiger partial charge in [-0.15, -0.1) is 0 Å². The Balaban J connectivity index is 1.44. The van der Waals surface area contributed by atoms with E-state index in [0.717, 1.165) is 28.7 Å². The third-order valence-corrected chi connectivity index (χ3v) is 8.82. The highest BCUT2D eigenvalue weighted by Gasteiger charge is 2.48. The molecule has 188 valence electrons. The van der Waals surface area contributed by atoms with E-state index in [0.29, 0.717) is 22.6 Å². The molecule has 1 fully saturated rings. The van der Waals surface area contributed by atoms with Gasteiger partial charge in [-0.1, -0.05) is 103 Å². The zero-order valence-corrected chi connectivity index (χ0v) is 22.0. The maximum atomic E-state index is 12.1. The highest BCUT2D eigenvalue weighted by Crippen LogP contribution is 2.58. The van der Waals surface area contributed by atoms with Gasteiger partial charge in [-0.25, -0.2) is 4.98 Å². The van der Waals surface area contributed by atoms with Gasteiger partial charge in [0.15, 0.2) is 0 Å². The van der Waals surface area contributed by atoms with Crippen molar-refractivity contribution in [1.82, 2.24) is 9.55 Å². The second kappa shape index (κ2) is 8.69. The van der Waals surface area contributed by atoms with E-state index in [9.17, 15) is 5.11 Å². The smallest absolute Gasteiger partial charge is 0.130 e. The molecule has 3 nitrogen and oxygen atoms in total. The van der Waals surface area contributed by atoms with Gasteiger partial charge < -0.3 is 9.67 Å². The molecule has 1 heterocycles. The lowest BCUT2D eigenvalue weighted by atomic mass is 9.76. The Morgan fingerprint density at radius 3 is 1.95 bits per heavy atom. The van der Waals surface area contributed by atoms with Crippen molar-refractivity contribution >= 4 is 11.6 Å². The molecule has 1 aromatic heterocycles. The second-order valence-electron chi connectivity index (χ2n) is 10.9. The molecule has 3 atom stereocenters. The average molecular weight is 517 g/mol. The summed E-state index contributed by atoms with van der Waals surface area (Å²) < 4.78 is 2.15. The minimum Gasteiger partial charge on any atom is -0.379 e. The standard InChI is InChI=1S/C34H29ClN2O/c1-33(38,31-20-27(35)19-29-28-17-23(28)18-30(29)31)32-21-37(22-36-32)34(24-11-5-2-6-12-24,25-13-7-3-8-14-25)26-15-9-4-10-16-26/h2-16,19-23,28,38H,17-18H2,1H3. The van der Waals surface area contributed by atoms with Crippen LogP contribution < -0.4 is 0 Å². The van der Waals surface area contributed by atoms with Crippen LogP contribution in [0.2, 0.25) is 5.02 Å². The minimum atomic E-state index is -1.28. The first-order valence-corrected chi connectivity index (χ1v) is 13.6. The molecular weight excluding hydrogens is 488 g/mol. The fourth-order valence-electron chi connectivity index (χ4n) is 6.65. The molecule has 0 aliphatic heterocycles. The van der Waals surface area contributed by atoms with Crippen LogP contribution in [-0.4, -0.2) is 14.7 Å². The zero-order chi connectivity index (χ0) is 25.9. The van der Waals surface area contributed by atoms with E-state index in [4.69, 9.17) is 16.6 Å². The maximum absolute atomic E-state index is 12.1. The van der Waals surface area contributed by atoms with E-state index in [1.165, 1.54) is 17.5 Å². The number of aromatic nitrogens is 2. The van der Waals surface area contributed by atoms with E-state index in [1.54, 1.807) is 0 Å². The molecule has 0 bridgehead atoms. The Hall–Kier alpha value is -3.66. The van der Waals surface area contributed by atoms with Crippen LogP contribution in [0.3, 0.4) is 0 Å². The molecule has 4 aromatic carbocycles. The number of benzene rings is 4. The highest BCUT2D eigenvalue weighted by molar-refractivity contribution is 6.30. The summed E-state index contributed by atoms with van der Waals surface area (Å²) in [5, 5.41) is 12.8. The Labute approximate surface area is 228 Å². The monoisotopic (exact) mass is 516 g/mol. The Morgan fingerprint density at radius 2 is 1.39 bits per heavy atom. The number of rotatable bonds is 6. The van der Waals surface area contributed by atoms with Crippen molar-refractivity contribution in [2.45, 2.75) is 36.8 Å². The summed E-state index contributed by atoms with van der Waals surface area (Å²) in [4.78, 5) is 4.86. The summed E-state index contributed by atoms with van der Waals surface area (Å²) in [5.74, 6) is 1.29. The van der Waals surface area contributed by atoms with Crippen molar-refractivity contribution in [1.29, 1.82) is 0 Å². The first-order valence-electron chi connectivity index (χ1n) is 13.3. The number of hydrogen-bond acceptors (Lipinski definition) is 2. The molecule has 2 aliphatic carbocycles. The lowest BCUT2D eigenvalue weighted by Gasteiger charge is -2.37. The topological polar surface area (TPSA) is 38.0 Å². The fourth-order valence-corrected chi connectivity index (χ4v) is 6.87. The van der Waals surface area contributed by atoms with Crippen LogP contribution in [0, 0.1) is 5.92 Å². The third kappa shape index (κ3) is 3.49. The number of aliphatic hydroxyl groups is 1. The van der Waals surface area contributed by atoms with Crippen LogP contribution in [0.15, 0.2) is 116 Å². The first-order chi connectivity index (χ1) is 18.5. The zero-order valence-electron chi connectivity index (χ0n) is 21.3. The summed E-state index contributed by atoms with van der Waals surface area (Å²) in [7, 11) is 0. The van der Waals surface area contributed by atoms with E-state index in [-0.39, 0.29) is 0 Å². The molecule has 1 N–H and O–H groups in total. The molecular formula is C34H29ClN2O. The Morgan fingerprint density at radius 1 is 0.842 bits per heavy atom. The number of hydrogen-bond donors (Lipinski definition) is 1. The molecule has 2 aliphatic rings. The first kappa shape index (κ1) is 23.5. The predicted octanol–water partition coefficient (Wildman–Crippen LogP) is 7.29. The number of nitrogens with zero attached hydrogens (tertiary/aromatic N) is 2. The van der Waals surface area contributed by atoms with Gasteiger partial charge >= 0.3 is 0 Å². The fraction of sp³-hybridized carbons (Fsp3) is 0.206. The van der Waals surface area contributed by atoms with Crippen LogP contribution in [0.25, 0.3) is 0 Å². The van der Waals surface area contributed by atoms with Gasteiger partial charge in [0.25, 0.3) is 0 Å². The van der Waals surface area contributed by atoms with E-state index < -0.39 is 11.1 Å². The average Bonchev–Trinajstić information content (AvgIpc) is 3.36. The molecule has 3 unspecified atom stereocenters. The normalized spacial score (nSPS) is 19.4. The molecule has 1 saturated carbocycles. The van der Waals surface area contributed by atoms with Gasteiger partial charge in [0.2, 0.25) is 0 Å². The Bertz CT molecular complexity index is 1510. The lowest BCUT2D eigenvalue weighted by Crippen LogP contribution is -2.37. The van der Waals surface area contributed by atoms with Crippen molar-refractivity contribution in [3.05, 3.63) is 160 Å². The maximum Gasteiger partial charge on any atom is 0.130 e. The third-order valence-electron chi connectivity index (χ3n) is 8.61. The van der Waals surface area contributed by atoms with E-state index in [1.807, 2.05) is 43.7 Å². The highest BCUT2D eigenvalue weighted by atomic mass is 35.5. The van der Waals surface area contributed by atoms with Crippen LogP contribution in [0.5, 0.6) is 0 Å². The minimum absolute atomic E-state index is 0.595. The van der Waals surface area contributed by atoms with E-state index >= 15 is 0 Å². The number of halogens is 1. The summed E-state index contributed by atoms with van der Waals surface area (Å²) in [6, 6.07) is 35.6. The summed E-state index contributed by atoms with van der Waals surface area (Å²) in [6.07, 6.45) is 6.11. The molecule has 0 radical (unpaired) electrons. The summed E-state index contributed by atoms with van der Waals surface area (Å²) in [6.45, 7) is 1.85. The van der Waals surface area contributed by atoms with Gasteiger partial charge in [-0.05, 0) is 77.1 Å². The number of fused-ring (bicyclic) bond motifs is 3. The van der Waals surface area contributed by atoms with Crippen LogP contribution in [-0.2, 0) is 17.6 Å². The quantitative estimate of drug-likeness (QED) is 0.241. The van der Waals surface area contributed by atoms with Gasteiger partial charge in [0.05, 0.1) is 12.0 Å². The largest absolute Gasteiger partial charge is 0.379 e. The molecule has 38 heavy (non-hydrogen) atoms. The molecule has 0 spiro atoms. The molecule has 0 amide bonds. The van der Waals surface area contributed by atoms with Gasteiger partial charge in [0, 0.05) is 11.2 Å². The van der Waals surface area contributed by atoms with Crippen LogP contribution >= 0.6 is 11.6 Å². The van der Waals surface area contributed by atoms with Crippen molar-refractivity contribution in [2.24, 2.45) is 5.92 Å². The molecule has 7 rings (SSSR count). The van der Waals surface area contributed by atoms with Crippen molar-refractivity contribution < 1.29 is 5.11 Å². The summed E-state index contributed by atoms with van der Waals surface area (Å²) >= 11 is 6.59. The van der Waals surface area contributed by atoms with Crippen molar-refractivity contribution in [2.75, 3.05) is 0 Å². The van der Waals surface area contributed by atoms with Gasteiger partial charge in [0.1, 0.15) is 11.1 Å². The van der Waals surface area contributed by atoms with Crippen LogP contribution in [0.4, 0.5) is 0 Å². The molecule has 5 aromatic rings. The molecule has 4 heteroatoms. The van der Waals surface area contributed by atoms with E-state index in [2.05, 4.69) is 83.4 Å². The lowest BCUT2D eigenvalue weighted by molar-refractivity contribution is 0.0966. The van der Waals surface area contributed by atoms with Crippen LogP contribution in [0.1, 0.15) is 58.3 Å². The van der Waals surface area contributed by atoms with Gasteiger partial charge in [-0.2, -0.15) is 0 Å². The SMILES string of the molecule is CC(O)(c1cn(C(c2ccccc2)(c2ccccc2)c2ccccc2)cn1)c1cc(Cl)cc2c1CC1CC21. The predicted molar refractivity (Wildman–Crippen MR) is 152 cm³/mol. The number of imidazole rings is 1. The molecule has 0 saturated heterocycles. The van der Waals surface area contributed by atoms with Gasteiger partial charge in [-0.3, -0.25) is 0 Å². The van der Waals surface area contributed by atoms with Crippen molar-refractivity contribution in [3.8, 4) is 0 Å². The summed E-state index contributed by atoms with van der Waals surface area (Å²) in [5.41, 5.74) is 5.42. The van der Waals surface area contributed by atoms with Crippen molar-refractivity contribution in [3.63, 3.8) is 0 Å².